The van der Waals surface area contributed by atoms with Crippen molar-refractivity contribution in [3.63, 3.8) is 0 Å². The Morgan fingerprint density at radius 2 is 1.32 bits per heavy atom. The number of alkyl carbamates (subject to hydrolysis) is 1. The van der Waals surface area contributed by atoms with E-state index in [-0.39, 0.29) is 12.0 Å². The molecule has 0 saturated carbocycles. The number of hydrogen-bond donors (Lipinski definition) is 4. The van der Waals surface area contributed by atoms with E-state index in [0.717, 1.165) is 58.4 Å². The first-order valence-electron chi connectivity index (χ1n) is 11.5. The number of hydrogen-bond acceptors (Lipinski definition) is 5. The lowest BCUT2D eigenvalue weighted by molar-refractivity contribution is 0.143. The maximum Gasteiger partial charge on any atom is 0.407 e. The topological polar surface area (TPSA) is 88.4 Å². The van der Waals surface area contributed by atoms with E-state index in [1.165, 1.54) is 22.3 Å². The van der Waals surface area contributed by atoms with Crippen LogP contribution in [0.1, 0.15) is 42.7 Å². The van der Waals surface area contributed by atoms with Crippen LogP contribution in [0, 0.1) is 0 Å². The first-order valence-corrected chi connectivity index (χ1v) is 11.5. The average Bonchev–Trinajstić information content (AvgIpc) is 3.12. The highest BCUT2D eigenvalue weighted by atomic mass is 16.5. The van der Waals surface area contributed by atoms with E-state index >= 15 is 0 Å². The fourth-order valence-corrected chi connectivity index (χ4v) is 4.03. The molecule has 0 atom stereocenters. The zero-order valence-corrected chi connectivity index (χ0v) is 18.4. The molecule has 1 amide bonds. The molecule has 5 N–H and O–H groups in total. The summed E-state index contributed by atoms with van der Waals surface area (Å²) in [7, 11) is 0. The van der Waals surface area contributed by atoms with Gasteiger partial charge in [0.05, 0.1) is 0 Å². The molecule has 0 bridgehead atoms. The van der Waals surface area contributed by atoms with Gasteiger partial charge in [0, 0.05) is 12.5 Å². The molecule has 0 radical (unpaired) electrons. The second-order valence-electron chi connectivity index (χ2n) is 7.96. The van der Waals surface area contributed by atoms with E-state index in [4.69, 9.17) is 10.5 Å². The van der Waals surface area contributed by atoms with Gasteiger partial charge in [-0.2, -0.15) is 0 Å². The van der Waals surface area contributed by atoms with Gasteiger partial charge in [-0.25, -0.2) is 4.79 Å². The van der Waals surface area contributed by atoms with E-state index in [1.807, 2.05) is 12.1 Å². The molecule has 168 valence electrons. The summed E-state index contributed by atoms with van der Waals surface area (Å²) in [5, 5.41) is 9.67. The van der Waals surface area contributed by atoms with E-state index in [0.29, 0.717) is 13.2 Å². The molecular weight excluding hydrogens is 388 g/mol. The lowest BCUT2D eigenvalue weighted by atomic mass is 9.98. The lowest BCUT2D eigenvalue weighted by Crippen LogP contribution is -2.29. The maximum absolute atomic E-state index is 12.1. The molecule has 6 nitrogen and oxygen atoms in total. The third kappa shape index (κ3) is 7.06. The molecule has 3 rings (SSSR count). The van der Waals surface area contributed by atoms with Crippen LogP contribution in [-0.4, -0.2) is 52.0 Å². The number of nitrogens with two attached hydrogens (primary N) is 1. The van der Waals surface area contributed by atoms with Gasteiger partial charge in [-0.15, -0.1) is 0 Å². The quantitative estimate of drug-likeness (QED) is 0.350. The minimum atomic E-state index is -0.342. The molecule has 1 aliphatic rings. The van der Waals surface area contributed by atoms with Gasteiger partial charge in [-0.3, -0.25) is 0 Å². The number of ether oxygens (including phenoxy) is 1. The Bertz CT molecular complexity index is 766. The first-order chi connectivity index (χ1) is 15.3. The van der Waals surface area contributed by atoms with Gasteiger partial charge in [0.1, 0.15) is 6.61 Å². The normalized spacial score (nSPS) is 12.4. The second kappa shape index (κ2) is 13.1. The highest BCUT2D eigenvalue weighted by molar-refractivity contribution is 5.79. The molecule has 1 aliphatic carbocycles. The monoisotopic (exact) mass is 424 g/mol. The van der Waals surface area contributed by atoms with Crippen molar-refractivity contribution >= 4 is 6.09 Å². The van der Waals surface area contributed by atoms with Crippen LogP contribution < -0.4 is 21.7 Å². The van der Waals surface area contributed by atoms with Gasteiger partial charge < -0.3 is 26.4 Å². The molecule has 2 aromatic rings. The van der Waals surface area contributed by atoms with Crippen molar-refractivity contribution in [2.45, 2.75) is 31.6 Å². The predicted molar refractivity (Wildman–Crippen MR) is 126 cm³/mol. The fourth-order valence-electron chi connectivity index (χ4n) is 4.03. The highest BCUT2D eigenvalue weighted by Crippen LogP contribution is 2.44. The maximum atomic E-state index is 12.1. The summed E-state index contributed by atoms with van der Waals surface area (Å²) in [6.45, 7) is 5.67. The molecule has 0 aromatic heterocycles. The van der Waals surface area contributed by atoms with Gasteiger partial charge >= 0.3 is 6.09 Å². The minimum Gasteiger partial charge on any atom is -0.449 e. The highest BCUT2D eigenvalue weighted by Gasteiger charge is 2.28. The number of carbonyl (C=O) groups is 1. The van der Waals surface area contributed by atoms with E-state index in [9.17, 15) is 4.79 Å². The van der Waals surface area contributed by atoms with Gasteiger partial charge in [-0.1, -0.05) is 48.5 Å². The Morgan fingerprint density at radius 1 is 0.774 bits per heavy atom. The van der Waals surface area contributed by atoms with Crippen LogP contribution in [0.3, 0.4) is 0 Å². The number of carbonyl (C=O) groups excluding carboxylic acids is 1. The van der Waals surface area contributed by atoms with Crippen LogP contribution in [0.25, 0.3) is 11.1 Å². The zero-order valence-electron chi connectivity index (χ0n) is 18.4. The summed E-state index contributed by atoms with van der Waals surface area (Å²) in [5.74, 6) is 0.101. The molecular formula is C25H36N4O2. The average molecular weight is 425 g/mol. The van der Waals surface area contributed by atoms with Gasteiger partial charge in [0.2, 0.25) is 0 Å². The van der Waals surface area contributed by atoms with Crippen molar-refractivity contribution in [3.8, 4) is 11.1 Å². The van der Waals surface area contributed by atoms with Crippen molar-refractivity contribution in [2.75, 3.05) is 45.9 Å². The molecule has 0 unspecified atom stereocenters. The van der Waals surface area contributed by atoms with Crippen molar-refractivity contribution in [2.24, 2.45) is 5.73 Å². The summed E-state index contributed by atoms with van der Waals surface area (Å²) in [6.07, 6.45) is 3.89. The second-order valence-corrected chi connectivity index (χ2v) is 7.96. The zero-order chi connectivity index (χ0) is 21.7. The Hall–Kier alpha value is -2.41. The summed E-state index contributed by atoms with van der Waals surface area (Å²) in [4.78, 5) is 12.1. The Balaban J connectivity index is 1.26. The molecule has 0 saturated heterocycles. The van der Waals surface area contributed by atoms with Crippen molar-refractivity contribution in [1.29, 1.82) is 0 Å². The van der Waals surface area contributed by atoms with E-state index in [2.05, 4.69) is 52.3 Å². The SMILES string of the molecule is NCCCNCCCCNCCCNC(=O)OCC1c2ccccc2-c2ccccc21. The smallest absolute Gasteiger partial charge is 0.407 e. The fraction of sp³-hybridized carbons (Fsp3) is 0.480. The van der Waals surface area contributed by atoms with Crippen LogP contribution in [0.5, 0.6) is 0 Å². The van der Waals surface area contributed by atoms with Crippen molar-refractivity contribution < 1.29 is 9.53 Å². The molecule has 0 heterocycles. The van der Waals surface area contributed by atoms with Crippen LogP contribution in [0.2, 0.25) is 0 Å². The number of benzene rings is 2. The largest absolute Gasteiger partial charge is 0.449 e. The number of nitrogens with one attached hydrogen (secondary N) is 3. The summed E-state index contributed by atoms with van der Waals surface area (Å²) >= 11 is 0. The summed E-state index contributed by atoms with van der Waals surface area (Å²) in [5.41, 5.74) is 10.4. The molecule has 0 aliphatic heterocycles. The Labute approximate surface area is 185 Å². The molecule has 2 aromatic carbocycles. The third-order valence-electron chi connectivity index (χ3n) is 5.66. The first kappa shape index (κ1) is 23.3. The predicted octanol–water partition coefficient (Wildman–Crippen LogP) is 3.22. The van der Waals surface area contributed by atoms with Crippen LogP contribution in [-0.2, 0) is 4.74 Å². The van der Waals surface area contributed by atoms with Crippen molar-refractivity contribution in [1.82, 2.24) is 16.0 Å². The summed E-state index contributed by atoms with van der Waals surface area (Å²) < 4.78 is 5.55. The van der Waals surface area contributed by atoms with Gasteiger partial charge in [0.15, 0.2) is 0 Å². The van der Waals surface area contributed by atoms with Gasteiger partial charge in [-0.05, 0) is 80.7 Å². The molecule has 31 heavy (non-hydrogen) atoms. The molecule has 0 fully saturated rings. The van der Waals surface area contributed by atoms with Crippen LogP contribution >= 0.6 is 0 Å². The molecule has 0 spiro atoms. The summed E-state index contributed by atoms with van der Waals surface area (Å²) in [6, 6.07) is 16.7. The Morgan fingerprint density at radius 3 is 1.94 bits per heavy atom. The third-order valence-corrected chi connectivity index (χ3v) is 5.66. The Kier molecular flexibility index (Phi) is 9.83. The van der Waals surface area contributed by atoms with E-state index in [1.54, 1.807) is 0 Å². The van der Waals surface area contributed by atoms with Crippen LogP contribution in [0.4, 0.5) is 4.79 Å². The van der Waals surface area contributed by atoms with Crippen LogP contribution in [0.15, 0.2) is 48.5 Å². The lowest BCUT2D eigenvalue weighted by Gasteiger charge is -2.14. The number of amides is 1. The van der Waals surface area contributed by atoms with Crippen molar-refractivity contribution in [3.05, 3.63) is 59.7 Å². The number of unbranched alkanes of at least 4 members (excludes halogenated alkanes) is 1. The number of fused-ring (bicyclic) bond motifs is 3. The van der Waals surface area contributed by atoms with Gasteiger partial charge in [0.25, 0.3) is 0 Å². The standard InChI is InChI=1S/C25H36N4O2/c26-13-7-16-27-14-5-6-15-28-17-8-18-29-25(30)31-19-24-22-11-3-1-9-20(22)21-10-2-4-12-23(21)24/h1-4,9-12,24,27-28H,5-8,13-19,26H2,(H,29,30). The minimum absolute atomic E-state index is 0.101. The van der Waals surface area contributed by atoms with E-state index < -0.39 is 0 Å². The molecule has 6 heteroatoms. The number of rotatable bonds is 14.